The first kappa shape index (κ1) is 49.3. The quantitative estimate of drug-likeness (QED) is 0.0431. The number of primary amides is 2. The van der Waals surface area contributed by atoms with Gasteiger partial charge < -0.3 is 37.2 Å². The van der Waals surface area contributed by atoms with Crippen molar-refractivity contribution in [3.05, 3.63) is 35.1 Å². The summed E-state index contributed by atoms with van der Waals surface area (Å²) in [5, 5.41) is 61.7. The van der Waals surface area contributed by atoms with E-state index in [0.717, 1.165) is 9.80 Å². The molecule has 0 spiro atoms. The molecule has 0 aromatic carbocycles. The van der Waals surface area contributed by atoms with Gasteiger partial charge in [-0.3, -0.25) is 33.8 Å². The lowest BCUT2D eigenvalue weighted by Gasteiger charge is -2.55. The van der Waals surface area contributed by atoms with E-state index in [1.54, 1.807) is 6.07 Å². The van der Waals surface area contributed by atoms with Crippen molar-refractivity contribution in [2.75, 3.05) is 52.6 Å². The SMILES string of the molecule is CC(=O)N(C1C(=O)N2C(C(=O)O)=C(CSc3nnnn3CCNC(N)=O)CS[C@H]12)n1cnnn1.CC(=O)N(c1cccs1)C1C(=O)N2CC(CSc3nnnn3CCNC(N)=O)(C(=O)O)CS[C@H]12. The average molecular weight is 1040 g/mol. The van der Waals surface area contributed by atoms with E-state index in [1.165, 1.54) is 103 Å². The molecule has 4 aromatic heterocycles. The van der Waals surface area contributed by atoms with Gasteiger partial charge in [-0.05, 0) is 54.4 Å². The van der Waals surface area contributed by atoms with Crippen LogP contribution in [0.4, 0.5) is 14.6 Å². The molecule has 30 nitrogen and oxygen atoms in total. The first-order valence-corrected chi connectivity index (χ1v) is 24.7. The number of aromatic nitrogens is 12. The number of nitrogens with zero attached hydrogens (tertiary/aromatic N) is 16. The van der Waals surface area contributed by atoms with Gasteiger partial charge in [-0.15, -0.1) is 54.9 Å². The van der Waals surface area contributed by atoms with Crippen molar-refractivity contribution in [2.24, 2.45) is 16.9 Å². The Morgan fingerprint density at radius 3 is 2.07 bits per heavy atom. The molecular weight excluding hydrogens is 997 g/mol. The van der Waals surface area contributed by atoms with Crippen molar-refractivity contribution in [1.29, 1.82) is 0 Å². The molecule has 35 heteroatoms. The van der Waals surface area contributed by atoms with Crippen LogP contribution in [0, 0.1) is 5.41 Å². The normalized spacial score (nSPS) is 21.6. The summed E-state index contributed by atoms with van der Waals surface area (Å²) in [6.45, 7) is 3.69. The largest absolute Gasteiger partial charge is 0.481 e. The van der Waals surface area contributed by atoms with Crippen LogP contribution in [0.1, 0.15) is 13.8 Å². The van der Waals surface area contributed by atoms with Crippen molar-refractivity contribution in [2.45, 2.75) is 60.1 Å². The van der Waals surface area contributed by atoms with Crippen LogP contribution >= 0.6 is 58.4 Å². The second-order valence-corrected chi connectivity index (χ2v) is 19.8. The molecule has 0 bridgehead atoms. The van der Waals surface area contributed by atoms with E-state index in [2.05, 4.69) is 57.2 Å². The summed E-state index contributed by atoms with van der Waals surface area (Å²) in [4.78, 5) is 102. The Balaban J connectivity index is 0.000000201. The van der Waals surface area contributed by atoms with Crippen molar-refractivity contribution in [3.63, 3.8) is 0 Å². The molecule has 4 aromatic rings. The maximum Gasteiger partial charge on any atom is 0.352 e. The lowest BCUT2D eigenvalue weighted by Crippen LogP contribution is -2.74. The van der Waals surface area contributed by atoms with Crippen LogP contribution < -0.4 is 32.0 Å². The van der Waals surface area contributed by atoms with Crippen LogP contribution in [0.15, 0.2) is 45.4 Å². The minimum absolute atomic E-state index is 0.0311. The number of thiophene rings is 1. The molecule has 4 aliphatic heterocycles. The van der Waals surface area contributed by atoms with Crippen molar-refractivity contribution < 1.29 is 48.6 Å². The minimum atomic E-state index is -1.25. The average Bonchev–Trinajstić information content (AvgIpc) is 4.15. The van der Waals surface area contributed by atoms with Crippen LogP contribution in [0.3, 0.4) is 0 Å². The Morgan fingerprint density at radius 2 is 1.53 bits per heavy atom. The molecule has 3 saturated heterocycles. The van der Waals surface area contributed by atoms with Gasteiger partial charge in [0, 0.05) is 56.5 Å². The lowest BCUT2D eigenvalue weighted by atomic mass is 9.89. The zero-order valence-corrected chi connectivity index (χ0v) is 39.6. The number of carbonyl (C=O) groups excluding carboxylic acids is 6. The van der Waals surface area contributed by atoms with Gasteiger partial charge in [0.1, 0.15) is 27.9 Å². The number of nitrogens with two attached hydrogens (primary N) is 2. The highest BCUT2D eigenvalue weighted by atomic mass is 32.2. The summed E-state index contributed by atoms with van der Waals surface area (Å²) < 4.78 is 2.90. The van der Waals surface area contributed by atoms with Gasteiger partial charge >= 0.3 is 24.0 Å². The molecule has 68 heavy (non-hydrogen) atoms. The van der Waals surface area contributed by atoms with Crippen LogP contribution in [0.25, 0.3) is 0 Å². The number of rotatable bonds is 18. The van der Waals surface area contributed by atoms with Crippen LogP contribution in [-0.4, -0.2) is 194 Å². The number of carboxylic acids is 2. The van der Waals surface area contributed by atoms with Gasteiger partial charge in [0.2, 0.25) is 28.0 Å². The van der Waals surface area contributed by atoms with Crippen LogP contribution in [0.5, 0.6) is 0 Å². The summed E-state index contributed by atoms with van der Waals surface area (Å²) in [6.07, 6.45) is 1.18. The number of thioether (sulfide) groups is 4. The molecule has 5 atom stereocenters. The molecular formula is C33H40N20O10S5. The van der Waals surface area contributed by atoms with Gasteiger partial charge in [0.15, 0.2) is 12.4 Å². The Morgan fingerprint density at radius 1 is 0.868 bits per heavy atom. The second-order valence-electron chi connectivity index (χ2n) is 14.8. The molecule has 8 amide bonds. The molecule has 4 aliphatic rings. The predicted molar refractivity (Wildman–Crippen MR) is 240 cm³/mol. The Labute approximate surface area is 403 Å². The van der Waals surface area contributed by atoms with Gasteiger partial charge in [-0.2, -0.15) is 0 Å². The van der Waals surface area contributed by atoms with Gasteiger partial charge in [0.05, 0.1) is 18.1 Å². The first-order valence-electron chi connectivity index (χ1n) is 19.8. The van der Waals surface area contributed by atoms with E-state index in [1.807, 2.05) is 11.4 Å². The number of anilines is 1. The number of amides is 8. The number of nitrogens with one attached hydrogen (secondary N) is 2. The third-order valence-electron chi connectivity index (χ3n) is 10.4. The summed E-state index contributed by atoms with van der Waals surface area (Å²) in [5.74, 6) is -2.86. The Bertz CT molecular complexity index is 2600. The molecule has 3 fully saturated rings. The summed E-state index contributed by atoms with van der Waals surface area (Å²) in [7, 11) is 0. The number of aliphatic carboxylic acids is 2. The number of hydrogen-bond donors (Lipinski definition) is 6. The number of tetrazole rings is 3. The third-order valence-corrected chi connectivity index (χ3v) is 16.5. The number of carboxylic acid groups (broad SMARTS) is 2. The summed E-state index contributed by atoms with van der Waals surface area (Å²) in [5.41, 5.74) is 9.26. The molecule has 362 valence electrons. The number of carbonyl (C=O) groups is 8. The molecule has 0 saturated carbocycles. The van der Waals surface area contributed by atoms with E-state index in [0.29, 0.717) is 26.6 Å². The maximum absolute atomic E-state index is 13.1. The Hall–Kier alpha value is -6.59. The first-order chi connectivity index (χ1) is 32.5. The second kappa shape index (κ2) is 21.1. The molecule has 0 aliphatic carbocycles. The fourth-order valence-corrected chi connectivity index (χ4v) is 13.3. The molecule has 0 radical (unpaired) electrons. The van der Waals surface area contributed by atoms with Gasteiger partial charge in [-0.1, -0.05) is 23.5 Å². The topological polar surface area (TPSA) is 397 Å². The van der Waals surface area contributed by atoms with E-state index in [-0.39, 0.29) is 72.9 Å². The number of urea groups is 2. The smallest absolute Gasteiger partial charge is 0.352 e. The lowest BCUT2D eigenvalue weighted by molar-refractivity contribution is -0.156. The minimum Gasteiger partial charge on any atom is -0.481 e. The zero-order valence-electron chi connectivity index (χ0n) is 35.5. The van der Waals surface area contributed by atoms with E-state index in [9.17, 15) is 48.6 Å². The molecule has 8 heterocycles. The van der Waals surface area contributed by atoms with Crippen LogP contribution in [0.2, 0.25) is 0 Å². The highest BCUT2D eigenvalue weighted by molar-refractivity contribution is 8.01. The maximum atomic E-state index is 13.1. The van der Waals surface area contributed by atoms with E-state index >= 15 is 0 Å². The molecule has 8 rings (SSSR count). The van der Waals surface area contributed by atoms with Crippen molar-refractivity contribution in [3.8, 4) is 0 Å². The predicted octanol–water partition coefficient (Wildman–Crippen LogP) is -2.87. The number of hydrogen-bond acceptors (Lipinski definition) is 22. The van der Waals surface area contributed by atoms with E-state index in [4.69, 9.17) is 11.5 Å². The fourth-order valence-electron chi connectivity index (χ4n) is 7.28. The monoisotopic (exact) mass is 1040 g/mol. The van der Waals surface area contributed by atoms with Gasteiger partial charge in [-0.25, -0.2) is 28.8 Å². The highest BCUT2D eigenvalue weighted by Gasteiger charge is 2.60. The molecule has 3 unspecified atom stereocenters. The van der Waals surface area contributed by atoms with Crippen molar-refractivity contribution >= 4 is 111 Å². The summed E-state index contributed by atoms with van der Waals surface area (Å²) in [6, 6.07) is 0.672. The van der Waals surface area contributed by atoms with Crippen molar-refractivity contribution in [1.82, 2.24) is 81.2 Å². The number of β-lactam (4-membered cyclic amide) rings is 2. The third kappa shape index (κ3) is 10.3. The van der Waals surface area contributed by atoms with Gasteiger partial charge in [0.25, 0.3) is 5.91 Å². The Kier molecular flexibility index (Phi) is 15.3. The van der Waals surface area contributed by atoms with Crippen LogP contribution in [-0.2, 0) is 41.9 Å². The van der Waals surface area contributed by atoms with E-state index < -0.39 is 58.7 Å². The zero-order chi connectivity index (χ0) is 48.9. The standard InChI is InChI=1S/C18H22N8O5S3.C15H18N12O5S2/c1-10(27)26(11-3-2-6-32-11)12-13(28)24-7-18(15(29)30,8-33-14(12)24)9-34-17-21-22-23-25(17)5-4-20-16(19)31;1-7(28)27(25-6-18-20-23-25)10-11(29)26-9(13(30)31)8(4-33-12(10)26)5-34-15-19-21-22-24(15)3-2-17-14(16)32/h2-3,6,12,14H,4-5,7-9H2,1H3,(H,29,30)(H3,19,20,31);6,10,12H,2-5H2,1H3,(H,30,31)(H3,16,17,32)/t12?,14-,18?;10?,12-/m11/s1. The number of fused-ring (bicyclic) bond motifs is 2. The summed E-state index contributed by atoms with van der Waals surface area (Å²) >= 11 is 6.44. The molecule has 8 N–H and O–H groups in total. The highest BCUT2D eigenvalue weighted by Crippen LogP contribution is 2.47. The fraction of sp³-hybridized carbons (Fsp3) is 0.485.